The average molecular weight is 468 g/mol. The smallest absolute Gasteiger partial charge is 0.0873 e. The summed E-state index contributed by atoms with van der Waals surface area (Å²) in [6, 6.07) is 15.8. The minimum Gasteiger partial charge on any atom is -0.373 e. The largest absolute Gasteiger partial charge is 0.373 e. The third kappa shape index (κ3) is 4.50. The summed E-state index contributed by atoms with van der Waals surface area (Å²) in [6.07, 6.45) is 9.26. The van der Waals surface area contributed by atoms with Crippen molar-refractivity contribution in [3.05, 3.63) is 65.9 Å². The fourth-order valence-electron chi connectivity index (χ4n) is 5.87. The lowest BCUT2D eigenvalue weighted by atomic mass is 9.96. The van der Waals surface area contributed by atoms with Gasteiger partial charge in [0.2, 0.25) is 0 Å². The van der Waals surface area contributed by atoms with Crippen LogP contribution in [0.5, 0.6) is 0 Å². The molecule has 0 radical (unpaired) electrons. The Balaban J connectivity index is 1.39. The van der Waals surface area contributed by atoms with Gasteiger partial charge in [-0.3, -0.25) is 4.99 Å². The molecule has 2 N–H and O–H groups in total. The van der Waals surface area contributed by atoms with Gasteiger partial charge in [-0.15, -0.1) is 0 Å². The SMILES string of the molecule is C=C(c1cc2c(c(N=Cc3cc4ccccc4n3CC3CC3)c1)N(C)CCC2)N1CCCC(N)C1. The van der Waals surface area contributed by atoms with Crippen LogP contribution in [0.1, 0.15) is 48.9 Å². The van der Waals surface area contributed by atoms with Gasteiger partial charge in [-0.05, 0) is 79.8 Å². The molecule has 0 spiro atoms. The molecule has 0 amide bonds. The lowest BCUT2D eigenvalue weighted by molar-refractivity contribution is 0.296. The molecule has 6 rings (SSSR count). The zero-order valence-electron chi connectivity index (χ0n) is 20.9. The molecule has 5 heteroatoms. The van der Waals surface area contributed by atoms with E-state index in [1.807, 2.05) is 0 Å². The van der Waals surface area contributed by atoms with Gasteiger partial charge in [0.05, 0.1) is 23.3 Å². The van der Waals surface area contributed by atoms with Crippen molar-refractivity contribution in [2.45, 2.75) is 51.1 Å². The number of piperidine rings is 1. The van der Waals surface area contributed by atoms with Crippen molar-refractivity contribution < 1.29 is 0 Å². The number of para-hydroxylation sites is 1. The molecule has 2 aromatic carbocycles. The number of aryl methyl sites for hydroxylation is 1. The molecule has 1 aromatic heterocycles. The van der Waals surface area contributed by atoms with Crippen LogP contribution in [0.3, 0.4) is 0 Å². The maximum Gasteiger partial charge on any atom is 0.0873 e. The molecule has 1 saturated heterocycles. The summed E-state index contributed by atoms with van der Waals surface area (Å²) in [5.74, 6) is 0.805. The van der Waals surface area contributed by atoms with Gasteiger partial charge in [0, 0.05) is 55.9 Å². The summed E-state index contributed by atoms with van der Waals surface area (Å²) in [7, 11) is 2.19. The Morgan fingerprint density at radius 3 is 2.80 bits per heavy atom. The summed E-state index contributed by atoms with van der Waals surface area (Å²) >= 11 is 0. The Morgan fingerprint density at radius 2 is 1.97 bits per heavy atom. The normalized spacial score (nSPS) is 20.6. The van der Waals surface area contributed by atoms with Gasteiger partial charge in [-0.1, -0.05) is 24.8 Å². The van der Waals surface area contributed by atoms with Gasteiger partial charge < -0.3 is 20.1 Å². The molecule has 2 fully saturated rings. The monoisotopic (exact) mass is 467 g/mol. The van der Waals surface area contributed by atoms with Gasteiger partial charge in [-0.2, -0.15) is 0 Å². The number of rotatable bonds is 6. The van der Waals surface area contributed by atoms with E-state index in [9.17, 15) is 0 Å². The van der Waals surface area contributed by atoms with Crippen LogP contribution in [0.4, 0.5) is 11.4 Å². The predicted molar refractivity (Wildman–Crippen MR) is 148 cm³/mol. The first kappa shape index (κ1) is 22.4. The fourth-order valence-corrected chi connectivity index (χ4v) is 5.87. The molecule has 35 heavy (non-hydrogen) atoms. The second-order valence-corrected chi connectivity index (χ2v) is 10.8. The van der Waals surface area contributed by atoms with E-state index in [-0.39, 0.29) is 6.04 Å². The third-order valence-electron chi connectivity index (χ3n) is 7.98. The van der Waals surface area contributed by atoms with Crippen molar-refractivity contribution in [3.63, 3.8) is 0 Å². The highest BCUT2D eigenvalue weighted by atomic mass is 15.2. The summed E-state index contributed by atoms with van der Waals surface area (Å²) in [4.78, 5) is 9.89. The first-order chi connectivity index (χ1) is 17.1. The van der Waals surface area contributed by atoms with Crippen molar-refractivity contribution in [2.75, 3.05) is 31.6 Å². The second kappa shape index (κ2) is 9.19. The number of fused-ring (bicyclic) bond motifs is 2. The van der Waals surface area contributed by atoms with Crippen LogP contribution in [-0.4, -0.2) is 48.4 Å². The number of hydrogen-bond donors (Lipinski definition) is 1. The van der Waals surface area contributed by atoms with Crippen LogP contribution in [0.25, 0.3) is 16.6 Å². The van der Waals surface area contributed by atoms with Gasteiger partial charge in [0.25, 0.3) is 0 Å². The quantitative estimate of drug-likeness (QED) is 0.482. The third-order valence-corrected chi connectivity index (χ3v) is 7.98. The topological polar surface area (TPSA) is 49.8 Å². The highest BCUT2D eigenvalue weighted by Crippen LogP contribution is 2.39. The van der Waals surface area contributed by atoms with E-state index in [4.69, 9.17) is 10.7 Å². The van der Waals surface area contributed by atoms with Crippen molar-refractivity contribution in [3.8, 4) is 0 Å². The lowest BCUT2D eigenvalue weighted by Gasteiger charge is -2.35. The van der Waals surface area contributed by atoms with Gasteiger partial charge >= 0.3 is 0 Å². The van der Waals surface area contributed by atoms with Crippen LogP contribution in [0.2, 0.25) is 0 Å². The number of aliphatic imine (C=N–C) groups is 1. The minimum atomic E-state index is 0.232. The van der Waals surface area contributed by atoms with E-state index in [1.165, 1.54) is 52.7 Å². The molecule has 1 saturated carbocycles. The van der Waals surface area contributed by atoms with Gasteiger partial charge in [0.1, 0.15) is 0 Å². The number of likely N-dealkylation sites (tertiary alicyclic amines) is 1. The van der Waals surface area contributed by atoms with Crippen molar-refractivity contribution in [1.82, 2.24) is 9.47 Å². The second-order valence-electron chi connectivity index (χ2n) is 10.8. The molecular weight excluding hydrogens is 430 g/mol. The number of aromatic nitrogens is 1. The predicted octanol–water partition coefficient (Wildman–Crippen LogP) is 5.58. The number of nitrogens with two attached hydrogens (primary N) is 1. The molecular formula is C30H37N5. The lowest BCUT2D eigenvalue weighted by Crippen LogP contribution is -2.41. The Labute approximate surface area is 208 Å². The molecule has 182 valence electrons. The maximum absolute atomic E-state index is 6.28. The highest BCUT2D eigenvalue weighted by Gasteiger charge is 2.25. The van der Waals surface area contributed by atoms with E-state index in [2.05, 4.69) is 76.7 Å². The molecule has 3 aromatic rings. The van der Waals surface area contributed by atoms with E-state index in [0.717, 1.165) is 62.7 Å². The number of nitrogens with zero attached hydrogens (tertiary/aromatic N) is 4. The van der Waals surface area contributed by atoms with Gasteiger partial charge in [-0.25, -0.2) is 0 Å². The first-order valence-electron chi connectivity index (χ1n) is 13.3. The Hall–Kier alpha value is -3.05. The van der Waals surface area contributed by atoms with Crippen LogP contribution in [0, 0.1) is 5.92 Å². The molecule has 1 atom stereocenters. The van der Waals surface area contributed by atoms with Crippen LogP contribution < -0.4 is 10.6 Å². The average Bonchev–Trinajstić information content (AvgIpc) is 3.62. The highest BCUT2D eigenvalue weighted by molar-refractivity contribution is 5.92. The fraction of sp³-hybridized carbons (Fsp3) is 0.433. The summed E-state index contributed by atoms with van der Waals surface area (Å²) in [6.45, 7) is 8.56. The number of hydrogen-bond acceptors (Lipinski definition) is 4. The van der Waals surface area contributed by atoms with Crippen molar-refractivity contribution in [1.29, 1.82) is 0 Å². The molecule has 0 bridgehead atoms. The van der Waals surface area contributed by atoms with E-state index in [1.54, 1.807) is 0 Å². The standard InChI is InChI=1S/C30H37N5/c1-21(34-14-6-9-26(31)20-34)25-15-24-8-5-13-33(2)30(24)28(17-25)32-18-27-16-23-7-3-4-10-29(23)35(27)19-22-11-12-22/h3-4,7,10,15-18,22,26H,1,5-6,8-9,11-14,19-20,31H2,2H3. The minimum absolute atomic E-state index is 0.232. The Bertz CT molecular complexity index is 1280. The van der Waals surface area contributed by atoms with Gasteiger partial charge in [0.15, 0.2) is 0 Å². The van der Waals surface area contributed by atoms with E-state index in [0.29, 0.717) is 0 Å². The number of benzene rings is 2. The van der Waals surface area contributed by atoms with Crippen molar-refractivity contribution >= 4 is 34.2 Å². The Kier molecular flexibility index (Phi) is 5.89. The Morgan fingerprint density at radius 1 is 1.11 bits per heavy atom. The molecule has 2 aliphatic heterocycles. The molecule has 3 aliphatic rings. The van der Waals surface area contributed by atoms with Crippen LogP contribution in [0.15, 0.2) is 54.0 Å². The zero-order chi connectivity index (χ0) is 23.9. The van der Waals surface area contributed by atoms with Crippen LogP contribution in [-0.2, 0) is 13.0 Å². The number of anilines is 1. The van der Waals surface area contributed by atoms with E-state index < -0.39 is 0 Å². The molecule has 3 heterocycles. The molecule has 1 unspecified atom stereocenters. The summed E-state index contributed by atoms with van der Waals surface area (Å²) < 4.78 is 2.46. The first-order valence-corrected chi connectivity index (χ1v) is 13.3. The maximum atomic E-state index is 6.28. The molecule has 1 aliphatic carbocycles. The van der Waals surface area contributed by atoms with Crippen molar-refractivity contribution in [2.24, 2.45) is 16.6 Å². The zero-order valence-corrected chi connectivity index (χ0v) is 20.9. The molecule has 5 nitrogen and oxygen atoms in total. The summed E-state index contributed by atoms with van der Waals surface area (Å²) in [5, 5.41) is 1.29. The summed E-state index contributed by atoms with van der Waals surface area (Å²) in [5.41, 5.74) is 14.7. The van der Waals surface area contributed by atoms with Crippen LogP contribution >= 0.6 is 0 Å². The van der Waals surface area contributed by atoms with E-state index >= 15 is 0 Å².